The van der Waals surface area contributed by atoms with Crippen LogP contribution >= 0.6 is 0 Å². The molecule has 0 radical (unpaired) electrons. The first-order valence-electron chi connectivity index (χ1n) is 11.6. The summed E-state index contributed by atoms with van der Waals surface area (Å²) in [6, 6.07) is 2.05. The molecule has 5 fully saturated rings. The fourth-order valence-electron chi connectivity index (χ4n) is 7.08. The van der Waals surface area contributed by atoms with Crippen molar-refractivity contribution in [1.82, 2.24) is 14.9 Å². The molecule has 29 heavy (non-hydrogen) atoms. The molecule has 1 aromatic heterocycles. The first-order chi connectivity index (χ1) is 14.0. The highest BCUT2D eigenvalue weighted by Gasteiger charge is 2.51. The van der Waals surface area contributed by atoms with Crippen LogP contribution in [0.1, 0.15) is 57.6 Å². The van der Waals surface area contributed by atoms with Crippen molar-refractivity contribution in [1.29, 1.82) is 0 Å². The normalized spacial score (nSPS) is 33.2. The van der Waals surface area contributed by atoms with Gasteiger partial charge in [-0.05, 0) is 75.5 Å². The van der Waals surface area contributed by atoms with Gasteiger partial charge in [0.25, 0.3) is 0 Å². The molecule has 6 nitrogen and oxygen atoms in total. The fourth-order valence-corrected chi connectivity index (χ4v) is 7.08. The Morgan fingerprint density at radius 2 is 1.69 bits per heavy atom. The molecule has 6 heteroatoms. The van der Waals surface area contributed by atoms with Crippen LogP contribution in [0.2, 0.25) is 0 Å². The lowest BCUT2D eigenvalue weighted by Crippen LogP contribution is -2.52. The van der Waals surface area contributed by atoms with Crippen LogP contribution in [-0.4, -0.2) is 53.5 Å². The lowest BCUT2D eigenvalue weighted by Gasteiger charge is -2.57. The van der Waals surface area contributed by atoms with Gasteiger partial charge in [0.2, 0.25) is 11.9 Å². The van der Waals surface area contributed by atoms with Gasteiger partial charge < -0.3 is 15.1 Å². The number of rotatable bonds is 5. The van der Waals surface area contributed by atoms with Crippen LogP contribution in [0.4, 0.5) is 11.8 Å². The number of piperazine rings is 1. The lowest BCUT2D eigenvalue weighted by molar-refractivity contribution is -0.139. The topological polar surface area (TPSA) is 61.4 Å². The van der Waals surface area contributed by atoms with Gasteiger partial charge in [-0.2, -0.15) is 4.98 Å². The van der Waals surface area contributed by atoms with E-state index in [1.54, 1.807) is 0 Å². The monoisotopic (exact) mass is 397 g/mol. The van der Waals surface area contributed by atoms with E-state index in [0.717, 1.165) is 68.4 Å². The highest BCUT2D eigenvalue weighted by atomic mass is 16.2. The molecule has 0 spiro atoms. The van der Waals surface area contributed by atoms with Gasteiger partial charge in [0, 0.05) is 50.9 Å². The molecule has 1 amide bonds. The Morgan fingerprint density at radius 1 is 1.07 bits per heavy atom. The molecule has 0 atom stereocenters. The first kappa shape index (κ1) is 19.1. The minimum absolute atomic E-state index is 0.341. The van der Waals surface area contributed by atoms with Crippen molar-refractivity contribution in [3.8, 4) is 0 Å². The Hall–Kier alpha value is -1.85. The Balaban J connectivity index is 1.19. The smallest absolute Gasteiger partial charge is 0.224 e. The number of carbonyl (C=O) groups excluding carboxylic acids is 1. The van der Waals surface area contributed by atoms with Crippen LogP contribution in [-0.2, 0) is 4.79 Å². The lowest BCUT2D eigenvalue weighted by atomic mass is 9.49. The number of nitrogens with zero attached hydrogens (tertiary/aromatic N) is 4. The van der Waals surface area contributed by atoms with Crippen LogP contribution in [0.15, 0.2) is 6.07 Å². The summed E-state index contributed by atoms with van der Waals surface area (Å²) in [5.74, 6) is 4.82. The average molecular weight is 398 g/mol. The summed E-state index contributed by atoms with van der Waals surface area (Å²) >= 11 is 0. The zero-order valence-corrected chi connectivity index (χ0v) is 18.0. The standard InChI is InChI=1S/C23H35N5O/c1-3-24-22-25-16(2)8-20(26-22)27-4-6-28(7-5-27)21(29)15-23-12-17-9-18(13-23)11-19(10-17)14-23/h8,17-19H,3-7,9-15H2,1-2H3,(H,24,25,26). The van der Waals surface area contributed by atoms with Crippen molar-refractivity contribution >= 4 is 17.7 Å². The molecule has 4 bridgehead atoms. The van der Waals surface area contributed by atoms with Gasteiger partial charge in [0.05, 0.1) is 0 Å². The number of amides is 1. The van der Waals surface area contributed by atoms with Gasteiger partial charge in [-0.3, -0.25) is 4.79 Å². The predicted octanol–water partition coefficient (Wildman–Crippen LogP) is 3.47. The summed E-state index contributed by atoms with van der Waals surface area (Å²) in [5.41, 5.74) is 1.32. The van der Waals surface area contributed by atoms with E-state index in [4.69, 9.17) is 0 Å². The van der Waals surface area contributed by atoms with E-state index in [2.05, 4.69) is 32.0 Å². The number of aromatic nitrogens is 2. The second-order valence-electron chi connectivity index (χ2n) is 10.2. The number of hydrogen-bond acceptors (Lipinski definition) is 5. The zero-order valence-electron chi connectivity index (χ0n) is 18.0. The van der Waals surface area contributed by atoms with Crippen LogP contribution in [0.3, 0.4) is 0 Å². The summed E-state index contributed by atoms with van der Waals surface area (Å²) < 4.78 is 0. The maximum absolute atomic E-state index is 13.2. The van der Waals surface area contributed by atoms with E-state index in [1.165, 1.54) is 38.5 Å². The van der Waals surface area contributed by atoms with E-state index >= 15 is 0 Å². The van der Waals surface area contributed by atoms with Crippen molar-refractivity contribution < 1.29 is 4.79 Å². The molecular weight excluding hydrogens is 362 g/mol. The van der Waals surface area contributed by atoms with E-state index in [0.29, 0.717) is 17.3 Å². The molecule has 4 aliphatic carbocycles. The van der Waals surface area contributed by atoms with Crippen LogP contribution in [0.5, 0.6) is 0 Å². The molecule has 2 heterocycles. The Kier molecular flexibility index (Phi) is 4.91. The number of carbonyl (C=O) groups is 1. The summed E-state index contributed by atoms with van der Waals surface area (Å²) in [7, 11) is 0. The summed E-state index contributed by atoms with van der Waals surface area (Å²) in [5, 5.41) is 3.21. The molecule has 1 aromatic rings. The molecule has 5 aliphatic rings. The van der Waals surface area contributed by atoms with Crippen molar-refractivity contribution in [3.05, 3.63) is 11.8 Å². The minimum Gasteiger partial charge on any atom is -0.354 e. The Bertz CT molecular complexity index is 735. The minimum atomic E-state index is 0.341. The molecular formula is C23H35N5O. The van der Waals surface area contributed by atoms with Crippen molar-refractivity contribution in [2.45, 2.75) is 58.8 Å². The second-order valence-corrected chi connectivity index (χ2v) is 10.2. The van der Waals surface area contributed by atoms with Gasteiger partial charge in [-0.1, -0.05) is 0 Å². The van der Waals surface area contributed by atoms with E-state index < -0.39 is 0 Å². The van der Waals surface area contributed by atoms with Gasteiger partial charge in [0.15, 0.2) is 0 Å². The molecule has 4 saturated carbocycles. The number of anilines is 2. The fraction of sp³-hybridized carbons (Fsp3) is 0.783. The Labute approximate surface area is 174 Å². The molecule has 6 rings (SSSR count). The quantitative estimate of drug-likeness (QED) is 0.824. The van der Waals surface area contributed by atoms with E-state index in [-0.39, 0.29) is 0 Å². The highest BCUT2D eigenvalue weighted by molar-refractivity contribution is 5.77. The second kappa shape index (κ2) is 7.44. The third-order valence-corrected chi connectivity index (χ3v) is 7.82. The van der Waals surface area contributed by atoms with Gasteiger partial charge in [0.1, 0.15) is 5.82 Å². The maximum Gasteiger partial charge on any atom is 0.224 e. The molecule has 0 unspecified atom stereocenters. The Morgan fingerprint density at radius 3 is 2.28 bits per heavy atom. The van der Waals surface area contributed by atoms with Crippen LogP contribution < -0.4 is 10.2 Å². The van der Waals surface area contributed by atoms with E-state index in [9.17, 15) is 4.79 Å². The number of hydrogen-bond donors (Lipinski definition) is 1. The summed E-state index contributed by atoms with van der Waals surface area (Å²) in [6.07, 6.45) is 9.08. The van der Waals surface area contributed by atoms with Gasteiger partial charge >= 0.3 is 0 Å². The molecule has 1 N–H and O–H groups in total. The van der Waals surface area contributed by atoms with Crippen molar-refractivity contribution in [3.63, 3.8) is 0 Å². The third kappa shape index (κ3) is 3.82. The highest BCUT2D eigenvalue weighted by Crippen LogP contribution is 2.61. The summed E-state index contributed by atoms with van der Waals surface area (Å²) in [6.45, 7) is 8.21. The zero-order chi connectivity index (χ0) is 20.0. The summed E-state index contributed by atoms with van der Waals surface area (Å²) in [4.78, 5) is 26.7. The third-order valence-electron chi connectivity index (χ3n) is 7.82. The van der Waals surface area contributed by atoms with Gasteiger partial charge in [-0.25, -0.2) is 4.98 Å². The predicted molar refractivity (Wildman–Crippen MR) is 115 cm³/mol. The van der Waals surface area contributed by atoms with E-state index in [1.807, 2.05) is 13.0 Å². The molecule has 0 aromatic carbocycles. The first-order valence-corrected chi connectivity index (χ1v) is 11.6. The van der Waals surface area contributed by atoms with Crippen molar-refractivity contribution in [2.24, 2.45) is 23.2 Å². The van der Waals surface area contributed by atoms with Gasteiger partial charge in [-0.15, -0.1) is 0 Å². The number of aryl methyl sites for hydroxylation is 1. The maximum atomic E-state index is 13.2. The van der Waals surface area contributed by atoms with Crippen molar-refractivity contribution in [2.75, 3.05) is 42.9 Å². The molecule has 158 valence electrons. The van der Waals surface area contributed by atoms with Crippen LogP contribution in [0, 0.1) is 30.1 Å². The largest absolute Gasteiger partial charge is 0.354 e. The van der Waals surface area contributed by atoms with Crippen LogP contribution in [0.25, 0.3) is 0 Å². The molecule has 1 aliphatic heterocycles. The molecule has 1 saturated heterocycles. The average Bonchev–Trinajstić information content (AvgIpc) is 2.66. The number of nitrogens with one attached hydrogen (secondary N) is 1. The SMILES string of the molecule is CCNc1nc(C)cc(N2CCN(C(=O)CC34CC5CC(CC(C5)C3)C4)CC2)n1.